The summed E-state index contributed by atoms with van der Waals surface area (Å²) in [6, 6.07) is 3.85. The van der Waals surface area contributed by atoms with Gasteiger partial charge in [0.05, 0.1) is 37.0 Å². The van der Waals surface area contributed by atoms with Crippen molar-refractivity contribution in [1.29, 1.82) is 0 Å². The molecule has 5 rings (SSSR count). The van der Waals surface area contributed by atoms with Gasteiger partial charge in [-0.15, -0.1) is 10.2 Å². The highest BCUT2D eigenvalue weighted by atomic mass is 16.5. The molecule has 1 fully saturated rings. The number of hydrogen-bond acceptors (Lipinski definition) is 9. The summed E-state index contributed by atoms with van der Waals surface area (Å²) >= 11 is 0. The van der Waals surface area contributed by atoms with Gasteiger partial charge in [-0.05, 0) is 56.9 Å². The summed E-state index contributed by atoms with van der Waals surface area (Å²) in [5.74, 6) is 2.23. The Hall–Kier alpha value is -3.63. The molecule has 178 valence electrons. The molecular weight excluding hydrogens is 434 g/mol. The van der Waals surface area contributed by atoms with Crippen molar-refractivity contribution in [2.24, 2.45) is 7.05 Å². The van der Waals surface area contributed by atoms with Crippen LogP contribution in [0.2, 0.25) is 0 Å². The maximum absolute atomic E-state index is 13.3. The topological polar surface area (TPSA) is 124 Å². The van der Waals surface area contributed by atoms with Gasteiger partial charge in [0.2, 0.25) is 17.6 Å². The summed E-state index contributed by atoms with van der Waals surface area (Å²) in [5.41, 5.74) is 3.40. The lowest BCUT2D eigenvalue weighted by molar-refractivity contribution is -0.131. The van der Waals surface area contributed by atoms with E-state index in [9.17, 15) is 4.79 Å². The van der Waals surface area contributed by atoms with E-state index in [0.29, 0.717) is 36.3 Å². The Morgan fingerprint density at radius 3 is 2.76 bits per heavy atom. The van der Waals surface area contributed by atoms with Crippen molar-refractivity contribution >= 4 is 11.7 Å². The fraction of sp³-hybridized carbons (Fsp3) is 0.522. The van der Waals surface area contributed by atoms with Crippen molar-refractivity contribution in [3.05, 3.63) is 34.9 Å². The molecule has 1 saturated heterocycles. The second-order valence-electron chi connectivity index (χ2n) is 9.25. The fourth-order valence-electron chi connectivity index (χ4n) is 4.91. The second kappa shape index (κ2) is 8.30. The molecule has 5 heterocycles. The van der Waals surface area contributed by atoms with Gasteiger partial charge in [-0.1, -0.05) is 0 Å². The summed E-state index contributed by atoms with van der Waals surface area (Å²) in [6.45, 7) is 7.00. The number of hydrogen-bond donors (Lipinski definition) is 1. The Labute approximate surface area is 198 Å². The van der Waals surface area contributed by atoms with Crippen molar-refractivity contribution in [2.75, 3.05) is 25.5 Å². The molecule has 0 radical (unpaired) electrons. The van der Waals surface area contributed by atoms with E-state index < -0.39 is 0 Å². The lowest BCUT2D eigenvalue weighted by atomic mass is 9.86. The largest absolute Gasteiger partial charge is 0.481 e. The first-order valence-corrected chi connectivity index (χ1v) is 11.5. The number of fused-ring (bicyclic) bond motifs is 1. The lowest BCUT2D eigenvalue weighted by Gasteiger charge is -2.36. The van der Waals surface area contributed by atoms with Crippen LogP contribution >= 0.6 is 0 Å². The average molecular weight is 464 g/mol. The van der Waals surface area contributed by atoms with Crippen LogP contribution in [-0.4, -0.2) is 71.7 Å². The van der Waals surface area contributed by atoms with E-state index in [2.05, 4.69) is 36.8 Å². The number of methoxy groups -OCH3 is 1. The van der Waals surface area contributed by atoms with Crippen molar-refractivity contribution < 1.29 is 9.53 Å². The van der Waals surface area contributed by atoms with Gasteiger partial charge in [-0.3, -0.25) is 4.79 Å². The molecule has 1 spiro atoms. The summed E-state index contributed by atoms with van der Waals surface area (Å²) in [7, 11) is 3.32. The van der Waals surface area contributed by atoms with Crippen LogP contribution in [0.1, 0.15) is 48.5 Å². The number of nitrogens with zero attached hydrogens (tertiary/aromatic N) is 8. The number of pyridine rings is 1. The highest BCUT2D eigenvalue weighted by Crippen LogP contribution is 2.38. The third-order valence-corrected chi connectivity index (χ3v) is 6.82. The Balaban J connectivity index is 1.32. The number of tetrazole rings is 1. The van der Waals surface area contributed by atoms with E-state index in [0.717, 1.165) is 41.9 Å². The molecular formula is C23H29N9O2. The molecule has 0 bridgehead atoms. The van der Waals surface area contributed by atoms with Gasteiger partial charge in [0.1, 0.15) is 11.6 Å². The predicted octanol–water partition coefficient (Wildman–Crippen LogP) is 1.82. The first-order chi connectivity index (χ1) is 16.3. The number of amides is 1. The van der Waals surface area contributed by atoms with Crippen LogP contribution in [-0.2, 0) is 18.3 Å². The molecule has 0 saturated carbocycles. The summed E-state index contributed by atoms with van der Waals surface area (Å²) in [4.78, 5) is 30.3. The minimum Gasteiger partial charge on any atom is -0.481 e. The number of aryl methyl sites for hydroxylation is 4. The zero-order valence-corrected chi connectivity index (χ0v) is 20.2. The highest BCUT2D eigenvalue weighted by molar-refractivity contribution is 5.83. The molecule has 2 aliphatic rings. The number of ether oxygens (including phenoxy) is 1. The fourth-order valence-corrected chi connectivity index (χ4v) is 4.91. The van der Waals surface area contributed by atoms with E-state index in [4.69, 9.17) is 9.72 Å². The summed E-state index contributed by atoms with van der Waals surface area (Å²) < 4.78 is 5.26. The minimum atomic E-state index is -0.371. The van der Waals surface area contributed by atoms with E-state index in [1.165, 1.54) is 4.80 Å². The minimum absolute atomic E-state index is 0.0674. The Morgan fingerprint density at radius 2 is 2.03 bits per heavy atom. The first kappa shape index (κ1) is 22.2. The SMILES string of the molecule is COc1cc(C(C)C(=O)N2CC[C@@]3(CCc4cc(-c5nnn(C)n5)c(C)nc4N3)C2)nc(C)n1. The molecule has 3 aromatic heterocycles. The third kappa shape index (κ3) is 3.95. The number of carbonyl (C=O) groups is 1. The molecule has 1 unspecified atom stereocenters. The Kier molecular flexibility index (Phi) is 5.41. The Morgan fingerprint density at radius 1 is 1.21 bits per heavy atom. The quantitative estimate of drug-likeness (QED) is 0.617. The van der Waals surface area contributed by atoms with Gasteiger partial charge in [-0.25, -0.2) is 9.97 Å². The van der Waals surface area contributed by atoms with Crippen LogP contribution in [0.4, 0.5) is 5.82 Å². The molecule has 0 aliphatic carbocycles. The normalized spacial score (nSPS) is 20.2. The number of aromatic nitrogens is 7. The highest BCUT2D eigenvalue weighted by Gasteiger charge is 2.43. The Bertz CT molecular complexity index is 1260. The van der Waals surface area contributed by atoms with E-state index in [1.54, 1.807) is 27.1 Å². The van der Waals surface area contributed by atoms with Crippen LogP contribution in [0.5, 0.6) is 5.88 Å². The number of carbonyl (C=O) groups excluding carboxylic acids is 1. The van der Waals surface area contributed by atoms with Crippen LogP contribution in [0, 0.1) is 13.8 Å². The molecule has 1 N–H and O–H groups in total. The van der Waals surface area contributed by atoms with Gasteiger partial charge in [0.25, 0.3) is 0 Å². The molecule has 1 amide bonds. The number of nitrogens with one attached hydrogen (secondary N) is 1. The number of likely N-dealkylation sites (tertiary alicyclic amines) is 1. The molecule has 11 nitrogen and oxygen atoms in total. The molecule has 3 aromatic rings. The van der Waals surface area contributed by atoms with Crippen LogP contribution in [0.25, 0.3) is 11.4 Å². The average Bonchev–Trinajstić information content (AvgIpc) is 3.43. The monoisotopic (exact) mass is 463 g/mol. The van der Waals surface area contributed by atoms with Crippen molar-refractivity contribution in [1.82, 2.24) is 40.1 Å². The standard InChI is InChI=1S/C23H29N9O2/c1-13(18-11-19(34-5)26-15(3)25-18)22(33)32-9-8-23(12-32)7-6-16-10-17(14(2)24-20(16)27-23)21-28-30-31(4)29-21/h10-11,13H,6-9,12H2,1-5H3,(H,24,27)/t13?,23-/m0/s1. The van der Waals surface area contributed by atoms with Gasteiger partial charge in [0.15, 0.2) is 0 Å². The molecule has 2 atom stereocenters. The van der Waals surface area contributed by atoms with E-state index in [1.807, 2.05) is 18.7 Å². The van der Waals surface area contributed by atoms with Gasteiger partial charge in [-0.2, -0.15) is 9.78 Å². The van der Waals surface area contributed by atoms with Gasteiger partial charge >= 0.3 is 0 Å². The molecule has 0 aromatic carbocycles. The van der Waals surface area contributed by atoms with Gasteiger partial charge < -0.3 is 15.0 Å². The second-order valence-corrected chi connectivity index (χ2v) is 9.25. The smallest absolute Gasteiger partial charge is 0.231 e. The predicted molar refractivity (Wildman–Crippen MR) is 124 cm³/mol. The molecule has 2 aliphatic heterocycles. The van der Waals surface area contributed by atoms with Gasteiger partial charge in [0, 0.05) is 24.7 Å². The van der Waals surface area contributed by atoms with E-state index in [-0.39, 0.29) is 17.4 Å². The van der Waals surface area contributed by atoms with Crippen molar-refractivity contribution in [3.8, 4) is 17.3 Å². The maximum atomic E-state index is 13.3. The van der Waals surface area contributed by atoms with Crippen LogP contribution in [0.3, 0.4) is 0 Å². The zero-order valence-electron chi connectivity index (χ0n) is 20.2. The van der Waals surface area contributed by atoms with Crippen molar-refractivity contribution in [2.45, 2.75) is 51.5 Å². The van der Waals surface area contributed by atoms with Crippen molar-refractivity contribution in [3.63, 3.8) is 0 Å². The molecule has 34 heavy (non-hydrogen) atoms. The summed E-state index contributed by atoms with van der Waals surface area (Å²) in [6.07, 6.45) is 2.69. The van der Waals surface area contributed by atoms with Crippen LogP contribution < -0.4 is 10.1 Å². The first-order valence-electron chi connectivity index (χ1n) is 11.5. The van der Waals surface area contributed by atoms with E-state index >= 15 is 0 Å². The number of anilines is 1. The molecule has 11 heteroatoms. The maximum Gasteiger partial charge on any atom is 0.231 e. The summed E-state index contributed by atoms with van der Waals surface area (Å²) in [5, 5.41) is 16.1. The number of rotatable bonds is 4. The third-order valence-electron chi connectivity index (χ3n) is 6.82. The van der Waals surface area contributed by atoms with Crippen LogP contribution in [0.15, 0.2) is 12.1 Å². The zero-order chi connectivity index (χ0) is 24.0. The lowest BCUT2D eigenvalue weighted by Crippen LogP contribution is -2.46.